The topological polar surface area (TPSA) is 60.4 Å². The SMILES string of the molecule is COCc1nc(C2CCOC2)cc(N(Cc2ccccn2)CC(C)C)n1. The van der Waals surface area contributed by atoms with Crippen molar-refractivity contribution in [2.45, 2.75) is 39.3 Å². The van der Waals surface area contributed by atoms with Gasteiger partial charge in [0.15, 0.2) is 5.82 Å². The van der Waals surface area contributed by atoms with Crippen LogP contribution in [-0.2, 0) is 22.6 Å². The summed E-state index contributed by atoms with van der Waals surface area (Å²) in [7, 11) is 1.67. The first-order valence-electron chi connectivity index (χ1n) is 9.25. The maximum Gasteiger partial charge on any atom is 0.156 e. The molecular weight excluding hydrogens is 328 g/mol. The van der Waals surface area contributed by atoms with Crippen LogP contribution in [0.4, 0.5) is 5.82 Å². The van der Waals surface area contributed by atoms with E-state index in [4.69, 9.17) is 19.4 Å². The highest BCUT2D eigenvalue weighted by atomic mass is 16.5. The van der Waals surface area contributed by atoms with Gasteiger partial charge in [0.1, 0.15) is 12.4 Å². The molecule has 6 heteroatoms. The molecule has 6 nitrogen and oxygen atoms in total. The second-order valence-electron chi connectivity index (χ2n) is 7.16. The highest BCUT2D eigenvalue weighted by molar-refractivity contribution is 5.41. The van der Waals surface area contributed by atoms with E-state index >= 15 is 0 Å². The predicted octanol–water partition coefficient (Wildman–Crippen LogP) is 3.18. The molecule has 0 N–H and O–H groups in total. The zero-order chi connectivity index (χ0) is 18.4. The summed E-state index contributed by atoms with van der Waals surface area (Å²) in [5.41, 5.74) is 2.08. The third-order valence-electron chi connectivity index (χ3n) is 4.39. The molecule has 1 unspecified atom stereocenters. The van der Waals surface area contributed by atoms with Crippen LogP contribution in [0.2, 0.25) is 0 Å². The Balaban J connectivity index is 1.92. The minimum absolute atomic E-state index is 0.336. The van der Waals surface area contributed by atoms with Gasteiger partial charge in [0.05, 0.1) is 24.5 Å². The molecular formula is C20H28N4O2. The molecule has 1 aliphatic rings. The fourth-order valence-corrected chi connectivity index (χ4v) is 3.20. The van der Waals surface area contributed by atoms with E-state index in [0.717, 1.165) is 55.8 Å². The van der Waals surface area contributed by atoms with E-state index in [9.17, 15) is 0 Å². The number of hydrogen-bond acceptors (Lipinski definition) is 6. The summed E-state index contributed by atoms with van der Waals surface area (Å²) in [5, 5.41) is 0. The van der Waals surface area contributed by atoms with E-state index in [1.54, 1.807) is 7.11 Å². The Hall–Kier alpha value is -2.05. The predicted molar refractivity (Wildman–Crippen MR) is 101 cm³/mol. The third-order valence-corrected chi connectivity index (χ3v) is 4.39. The van der Waals surface area contributed by atoms with Crippen molar-refractivity contribution in [3.63, 3.8) is 0 Å². The van der Waals surface area contributed by atoms with Crippen LogP contribution >= 0.6 is 0 Å². The minimum Gasteiger partial charge on any atom is -0.381 e. The Labute approximate surface area is 155 Å². The van der Waals surface area contributed by atoms with Crippen LogP contribution < -0.4 is 4.90 Å². The fourth-order valence-electron chi connectivity index (χ4n) is 3.20. The second kappa shape index (κ2) is 9.05. The molecule has 1 saturated heterocycles. The summed E-state index contributed by atoms with van der Waals surface area (Å²) in [6.45, 7) is 8.00. The van der Waals surface area contributed by atoms with Crippen LogP contribution in [0.25, 0.3) is 0 Å². The molecule has 0 amide bonds. The van der Waals surface area contributed by atoms with Crippen molar-refractivity contribution in [1.82, 2.24) is 15.0 Å². The van der Waals surface area contributed by atoms with Crippen LogP contribution in [0.1, 0.15) is 43.4 Å². The molecule has 3 rings (SSSR count). The number of aromatic nitrogens is 3. The van der Waals surface area contributed by atoms with Gasteiger partial charge < -0.3 is 14.4 Å². The lowest BCUT2D eigenvalue weighted by Gasteiger charge is -2.26. The van der Waals surface area contributed by atoms with Crippen LogP contribution in [-0.4, -0.2) is 41.8 Å². The van der Waals surface area contributed by atoms with Gasteiger partial charge in [0.25, 0.3) is 0 Å². The van der Waals surface area contributed by atoms with Gasteiger partial charge in [-0.2, -0.15) is 0 Å². The molecule has 1 aliphatic heterocycles. The fraction of sp³-hybridized carbons (Fsp3) is 0.550. The Morgan fingerprint density at radius 2 is 2.19 bits per heavy atom. The van der Waals surface area contributed by atoms with E-state index in [1.807, 2.05) is 18.3 Å². The van der Waals surface area contributed by atoms with Crippen LogP contribution in [0, 0.1) is 5.92 Å². The van der Waals surface area contributed by atoms with E-state index in [0.29, 0.717) is 18.4 Å². The van der Waals surface area contributed by atoms with Crippen LogP contribution in [0.3, 0.4) is 0 Å². The van der Waals surface area contributed by atoms with Crippen LogP contribution in [0.5, 0.6) is 0 Å². The lowest BCUT2D eigenvalue weighted by Crippen LogP contribution is -2.29. The van der Waals surface area contributed by atoms with Crippen molar-refractivity contribution in [1.29, 1.82) is 0 Å². The van der Waals surface area contributed by atoms with Gasteiger partial charge in [-0.05, 0) is 24.5 Å². The van der Waals surface area contributed by atoms with Gasteiger partial charge in [-0.3, -0.25) is 4.98 Å². The molecule has 26 heavy (non-hydrogen) atoms. The van der Waals surface area contributed by atoms with Gasteiger partial charge in [-0.15, -0.1) is 0 Å². The summed E-state index contributed by atoms with van der Waals surface area (Å²) < 4.78 is 10.8. The highest BCUT2D eigenvalue weighted by Gasteiger charge is 2.22. The molecule has 140 valence electrons. The number of methoxy groups -OCH3 is 1. The first kappa shape index (κ1) is 18.7. The standard InChI is InChI=1S/C20H28N4O2/c1-15(2)11-24(12-17-6-4-5-8-21-17)20-10-18(16-7-9-26-13-16)22-19(23-20)14-25-3/h4-6,8,10,15-16H,7,9,11-14H2,1-3H3. The minimum atomic E-state index is 0.336. The summed E-state index contributed by atoms with van der Waals surface area (Å²) >= 11 is 0. The molecule has 0 aromatic carbocycles. The Morgan fingerprint density at radius 3 is 2.85 bits per heavy atom. The van der Waals surface area contributed by atoms with Crippen molar-refractivity contribution in [3.8, 4) is 0 Å². The Morgan fingerprint density at radius 1 is 1.31 bits per heavy atom. The lowest BCUT2D eigenvalue weighted by molar-refractivity contribution is 0.177. The Kier molecular flexibility index (Phi) is 6.52. The summed E-state index contributed by atoms with van der Waals surface area (Å²) in [6, 6.07) is 8.13. The van der Waals surface area contributed by atoms with Gasteiger partial charge >= 0.3 is 0 Å². The number of pyridine rings is 1. The number of rotatable bonds is 8. The van der Waals surface area contributed by atoms with Gasteiger partial charge in [-0.1, -0.05) is 19.9 Å². The molecule has 0 aliphatic carbocycles. The zero-order valence-electron chi connectivity index (χ0n) is 15.9. The molecule has 2 aromatic heterocycles. The van der Waals surface area contributed by atoms with Crippen molar-refractivity contribution in [2.75, 3.05) is 31.8 Å². The van der Waals surface area contributed by atoms with Gasteiger partial charge in [0.2, 0.25) is 0 Å². The molecule has 2 aromatic rings. The Bertz CT molecular complexity index is 687. The largest absolute Gasteiger partial charge is 0.381 e. The number of nitrogens with zero attached hydrogens (tertiary/aromatic N) is 4. The molecule has 1 fully saturated rings. The first-order chi connectivity index (χ1) is 12.7. The summed E-state index contributed by atoms with van der Waals surface area (Å²) in [6.07, 6.45) is 2.84. The molecule has 1 atom stereocenters. The molecule has 0 saturated carbocycles. The van der Waals surface area contributed by atoms with Crippen molar-refractivity contribution < 1.29 is 9.47 Å². The van der Waals surface area contributed by atoms with Gasteiger partial charge in [-0.25, -0.2) is 9.97 Å². The molecule has 0 bridgehead atoms. The summed E-state index contributed by atoms with van der Waals surface area (Å²) in [5.74, 6) is 2.51. The highest BCUT2D eigenvalue weighted by Crippen LogP contribution is 2.27. The molecule has 0 spiro atoms. The average molecular weight is 356 g/mol. The maximum atomic E-state index is 5.56. The monoisotopic (exact) mass is 356 g/mol. The van der Waals surface area contributed by atoms with E-state index in [1.165, 1.54) is 0 Å². The molecule has 0 radical (unpaired) electrons. The van der Waals surface area contributed by atoms with Crippen molar-refractivity contribution in [2.24, 2.45) is 5.92 Å². The van der Waals surface area contributed by atoms with Crippen molar-refractivity contribution >= 4 is 5.82 Å². The lowest BCUT2D eigenvalue weighted by atomic mass is 10.0. The maximum absolute atomic E-state index is 5.56. The number of ether oxygens (including phenoxy) is 2. The summed E-state index contributed by atoms with van der Waals surface area (Å²) in [4.78, 5) is 16.2. The van der Waals surface area contributed by atoms with E-state index < -0.39 is 0 Å². The zero-order valence-corrected chi connectivity index (χ0v) is 15.9. The third kappa shape index (κ3) is 4.99. The first-order valence-corrected chi connectivity index (χ1v) is 9.25. The van der Waals surface area contributed by atoms with Crippen molar-refractivity contribution in [3.05, 3.63) is 47.7 Å². The normalized spacial score (nSPS) is 17.0. The second-order valence-corrected chi connectivity index (χ2v) is 7.16. The van der Waals surface area contributed by atoms with E-state index in [-0.39, 0.29) is 0 Å². The number of hydrogen-bond donors (Lipinski definition) is 0. The van der Waals surface area contributed by atoms with E-state index in [2.05, 4.69) is 35.9 Å². The average Bonchev–Trinajstić information content (AvgIpc) is 3.16. The van der Waals surface area contributed by atoms with Gasteiger partial charge in [0, 0.05) is 38.4 Å². The number of anilines is 1. The van der Waals surface area contributed by atoms with Crippen LogP contribution in [0.15, 0.2) is 30.5 Å². The molecule has 3 heterocycles. The quantitative estimate of drug-likeness (QED) is 0.724. The smallest absolute Gasteiger partial charge is 0.156 e.